The second-order valence-corrected chi connectivity index (χ2v) is 6.50. The van der Waals surface area contributed by atoms with Gasteiger partial charge in [0.15, 0.2) is 0 Å². The maximum absolute atomic E-state index is 6.04. The molecule has 0 N–H and O–H groups in total. The van der Waals surface area contributed by atoms with Crippen molar-refractivity contribution in [2.24, 2.45) is 0 Å². The van der Waals surface area contributed by atoms with Crippen molar-refractivity contribution in [2.45, 2.75) is 57.8 Å². The van der Waals surface area contributed by atoms with Gasteiger partial charge in [-0.1, -0.05) is 0 Å². The Balaban J connectivity index is 1.83. The summed E-state index contributed by atoms with van der Waals surface area (Å²) in [7, 11) is -0.393. The fourth-order valence-electron chi connectivity index (χ4n) is 2.48. The van der Waals surface area contributed by atoms with Crippen LogP contribution in [0.25, 0.3) is 0 Å². The molecule has 3 heterocycles. The van der Waals surface area contributed by atoms with Gasteiger partial charge in [-0.15, -0.1) is 0 Å². The third-order valence-corrected chi connectivity index (χ3v) is 4.48. The van der Waals surface area contributed by atoms with Gasteiger partial charge < -0.3 is 14.0 Å². The van der Waals surface area contributed by atoms with Gasteiger partial charge in [-0.25, -0.2) is 0 Å². The number of ether oxygens (including phenoxy) is 1. The van der Waals surface area contributed by atoms with E-state index in [2.05, 4.69) is 10.2 Å². The lowest BCUT2D eigenvalue weighted by atomic mass is 9.80. The number of rotatable bonds is 2. The average molecular weight is 276 g/mol. The van der Waals surface area contributed by atoms with Crippen LogP contribution < -0.4 is 5.46 Å². The van der Waals surface area contributed by atoms with Gasteiger partial charge in [-0.3, -0.25) is 0 Å². The van der Waals surface area contributed by atoms with Crippen molar-refractivity contribution in [2.75, 3.05) is 6.61 Å². The molecule has 5 nitrogen and oxygen atoms in total. The molecule has 0 bridgehead atoms. The first-order chi connectivity index (χ1) is 9.39. The lowest BCUT2D eigenvalue weighted by Crippen LogP contribution is -2.41. The molecule has 3 rings (SSSR count). The summed E-state index contributed by atoms with van der Waals surface area (Å²) >= 11 is 0. The van der Waals surface area contributed by atoms with Crippen molar-refractivity contribution < 1.29 is 14.0 Å². The molecule has 0 spiro atoms. The third kappa shape index (κ3) is 2.36. The molecule has 1 unspecified atom stereocenters. The normalized spacial score (nSPS) is 28.0. The van der Waals surface area contributed by atoms with Gasteiger partial charge in [0.1, 0.15) is 6.10 Å². The quantitative estimate of drug-likeness (QED) is 0.768. The molecule has 108 valence electrons. The van der Waals surface area contributed by atoms with Crippen LogP contribution in [0.1, 0.15) is 52.3 Å². The van der Waals surface area contributed by atoms with Crippen LogP contribution in [0.5, 0.6) is 0 Å². The predicted molar refractivity (Wildman–Crippen MR) is 75.7 cm³/mol. The highest BCUT2D eigenvalue weighted by Gasteiger charge is 2.52. The molecular formula is C14H21BN2O3. The molecule has 0 aromatic carbocycles. The minimum Gasteiger partial charge on any atom is -0.399 e. The Morgan fingerprint density at radius 1 is 1.20 bits per heavy atom. The number of hydrogen-bond acceptors (Lipinski definition) is 5. The van der Waals surface area contributed by atoms with Crippen LogP contribution in [-0.2, 0) is 14.0 Å². The summed E-state index contributed by atoms with van der Waals surface area (Å²) in [5, 5.41) is 8.26. The van der Waals surface area contributed by atoms with Crippen molar-refractivity contribution >= 4 is 12.6 Å². The summed E-state index contributed by atoms with van der Waals surface area (Å²) in [5.74, 6) is 0. The topological polar surface area (TPSA) is 53.5 Å². The average Bonchev–Trinajstić information content (AvgIpc) is 2.97. The van der Waals surface area contributed by atoms with E-state index in [9.17, 15) is 0 Å². The molecule has 2 aliphatic heterocycles. The molecule has 2 aliphatic rings. The van der Waals surface area contributed by atoms with Crippen molar-refractivity contribution in [1.29, 1.82) is 0 Å². The molecule has 1 atom stereocenters. The van der Waals surface area contributed by atoms with Gasteiger partial charge in [0.05, 0.1) is 16.9 Å². The second kappa shape index (κ2) is 4.79. The van der Waals surface area contributed by atoms with Crippen molar-refractivity contribution in [3.05, 3.63) is 18.0 Å². The molecular weight excluding hydrogens is 255 g/mol. The van der Waals surface area contributed by atoms with Gasteiger partial charge >= 0.3 is 7.12 Å². The Bertz CT molecular complexity index is 485. The van der Waals surface area contributed by atoms with Gasteiger partial charge in [0.2, 0.25) is 0 Å². The molecule has 2 saturated heterocycles. The van der Waals surface area contributed by atoms with Crippen LogP contribution in [0.15, 0.2) is 12.3 Å². The molecule has 0 saturated carbocycles. The van der Waals surface area contributed by atoms with Crippen LogP contribution in [0.2, 0.25) is 0 Å². The predicted octanol–water partition coefficient (Wildman–Crippen LogP) is 1.63. The van der Waals surface area contributed by atoms with Crippen molar-refractivity contribution in [3.63, 3.8) is 0 Å². The Morgan fingerprint density at radius 2 is 1.90 bits per heavy atom. The van der Waals surface area contributed by atoms with Gasteiger partial charge in [0, 0.05) is 18.3 Å². The zero-order chi connectivity index (χ0) is 14.4. The lowest BCUT2D eigenvalue weighted by molar-refractivity contribution is 0.00578. The van der Waals surface area contributed by atoms with E-state index in [1.807, 2.05) is 33.8 Å². The number of aromatic nitrogens is 2. The molecule has 0 aliphatic carbocycles. The fourth-order valence-corrected chi connectivity index (χ4v) is 2.48. The summed E-state index contributed by atoms with van der Waals surface area (Å²) in [4.78, 5) is 0. The minimum atomic E-state index is -0.393. The third-order valence-electron chi connectivity index (χ3n) is 4.48. The van der Waals surface area contributed by atoms with Crippen LogP contribution in [0.3, 0.4) is 0 Å². The van der Waals surface area contributed by atoms with E-state index in [-0.39, 0.29) is 17.3 Å². The van der Waals surface area contributed by atoms with E-state index < -0.39 is 7.12 Å². The smallest absolute Gasteiger partial charge is 0.399 e. The Hall–Kier alpha value is -0.975. The first kappa shape index (κ1) is 14.0. The standard InChI is InChI=1S/C14H21BN2O3/c1-13(2)14(3,4)20-15(19-13)10-8-11(17-16-9-10)12-6-5-7-18-12/h8-9,12H,5-7H2,1-4H3. The first-order valence-corrected chi connectivity index (χ1v) is 7.19. The molecule has 0 amide bonds. The summed E-state index contributed by atoms with van der Waals surface area (Å²) in [6.07, 6.45) is 3.85. The monoisotopic (exact) mass is 276 g/mol. The molecule has 6 heteroatoms. The van der Waals surface area contributed by atoms with Gasteiger partial charge in [-0.2, -0.15) is 10.2 Å². The second-order valence-electron chi connectivity index (χ2n) is 6.50. The van der Waals surface area contributed by atoms with Gasteiger partial charge in [0.25, 0.3) is 0 Å². The highest BCUT2D eigenvalue weighted by Crippen LogP contribution is 2.36. The largest absolute Gasteiger partial charge is 0.496 e. The zero-order valence-electron chi connectivity index (χ0n) is 12.5. The zero-order valence-corrected chi connectivity index (χ0v) is 12.5. The van der Waals surface area contributed by atoms with Crippen LogP contribution in [-0.4, -0.2) is 35.1 Å². The molecule has 1 aromatic rings. The van der Waals surface area contributed by atoms with Crippen molar-refractivity contribution in [1.82, 2.24) is 10.2 Å². The van der Waals surface area contributed by atoms with E-state index in [0.717, 1.165) is 30.6 Å². The highest BCUT2D eigenvalue weighted by molar-refractivity contribution is 6.62. The van der Waals surface area contributed by atoms with Crippen LogP contribution in [0.4, 0.5) is 0 Å². The summed E-state index contributed by atoms with van der Waals surface area (Å²) in [5.41, 5.74) is 1.09. The van der Waals surface area contributed by atoms with Crippen LogP contribution >= 0.6 is 0 Å². The lowest BCUT2D eigenvalue weighted by Gasteiger charge is -2.32. The van der Waals surface area contributed by atoms with E-state index in [1.54, 1.807) is 6.20 Å². The highest BCUT2D eigenvalue weighted by atomic mass is 16.7. The number of hydrogen-bond donors (Lipinski definition) is 0. The maximum Gasteiger partial charge on any atom is 0.496 e. The Morgan fingerprint density at radius 3 is 2.50 bits per heavy atom. The summed E-state index contributed by atoms with van der Waals surface area (Å²) in [6.45, 7) is 8.98. The van der Waals surface area contributed by atoms with E-state index in [1.165, 1.54) is 0 Å². The molecule has 1 aromatic heterocycles. The first-order valence-electron chi connectivity index (χ1n) is 7.19. The summed E-state index contributed by atoms with van der Waals surface area (Å²) < 4.78 is 17.7. The molecule has 20 heavy (non-hydrogen) atoms. The van der Waals surface area contributed by atoms with E-state index >= 15 is 0 Å². The van der Waals surface area contributed by atoms with Gasteiger partial charge in [-0.05, 0) is 46.6 Å². The summed E-state index contributed by atoms with van der Waals surface area (Å²) in [6, 6.07) is 1.99. The number of nitrogens with zero attached hydrogens (tertiary/aromatic N) is 2. The van der Waals surface area contributed by atoms with E-state index in [0.29, 0.717) is 0 Å². The molecule has 2 fully saturated rings. The Labute approximate surface area is 120 Å². The van der Waals surface area contributed by atoms with Crippen molar-refractivity contribution in [3.8, 4) is 0 Å². The van der Waals surface area contributed by atoms with E-state index in [4.69, 9.17) is 14.0 Å². The van der Waals surface area contributed by atoms with Crippen LogP contribution in [0, 0.1) is 0 Å². The Kier molecular flexibility index (Phi) is 3.35. The SMILES string of the molecule is CC1(C)OB(c2cnnc(C3CCCO3)c2)OC1(C)C. The molecule has 0 radical (unpaired) electrons. The maximum atomic E-state index is 6.04. The fraction of sp³-hybridized carbons (Fsp3) is 0.714. The minimum absolute atomic E-state index is 0.0601.